The summed E-state index contributed by atoms with van der Waals surface area (Å²) < 4.78 is 13.3. The van der Waals surface area contributed by atoms with Crippen LogP contribution in [0.25, 0.3) is 0 Å². The average Bonchev–Trinajstić information content (AvgIpc) is 2.44. The zero-order valence-corrected chi connectivity index (χ0v) is 7.71. The van der Waals surface area contributed by atoms with E-state index in [0.717, 1.165) is 0 Å². The van der Waals surface area contributed by atoms with Gasteiger partial charge < -0.3 is 10.4 Å². The minimum Gasteiger partial charge on any atom is -0.481 e. The van der Waals surface area contributed by atoms with Gasteiger partial charge >= 0.3 is 5.97 Å². The van der Waals surface area contributed by atoms with Crippen LogP contribution < -0.4 is 5.32 Å². The molecule has 1 aromatic rings. The second-order valence-electron chi connectivity index (χ2n) is 3.40. The molecule has 0 fully saturated rings. The fourth-order valence-electron chi connectivity index (χ4n) is 1.60. The number of nitrogens with one attached hydrogen (secondary N) is 1. The van der Waals surface area contributed by atoms with Crippen molar-refractivity contribution in [2.75, 3.05) is 5.32 Å². The van der Waals surface area contributed by atoms with Crippen LogP contribution in [0.2, 0.25) is 0 Å². The van der Waals surface area contributed by atoms with Gasteiger partial charge in [-0.05, 0) is 23.3 Å². The van der Waals surface area contributed by atoms with E-state index in [4.69, 9.17) is 5.11 Å². The van der Waals surface area contributed by atoms with Crippen LogP contribution in [0.5, 0.6) is 0 Å². The molecule has 1 aliphatic heterocycles. The minimum atomic E-state index is -1.09. The summed E-state index contributed by atoms with van der Waals surface area (Å²) in [6, 6.07) is 2.59. The van der Waals surface area contributed by atoms with Gasteiger partial charge in [-0.15, -0.1) is 0 Å². The SMILES string of the molecule is O=C(O)Cc1cc2c(cc1F)NC(=O)C2. The van der Waals surface area contributed by atoms with E-state index >= 15 is 0 Å². The van der Waals surface area contributed by atoms with Gasteiger partial charge in [0, 0.05) is 5.69 Å². The van der Waals surface area contributed by atoms with Crippen molar-refractivity contribution < 1.29 is 19.1 Å². The third-order valence-electron chi connectivity index (χ3n) is 2.24. The molecule has 5 heteroatoms. The van der Waals surface area contributed by atoms with E-state index in [2.05, 4.69) is 5.32 Å². The molecular formula is C10H8FNO3. The van der Waals surface area contributed by atoms with E-state index in [-0.39, 0.29) is 24.3 Å². The molecule has 0 aromatic heterocycles. The van der Waals surface area contributed by atoms with Crippen molar-refractivity contribution in [2.45, 2.75) is 12.8 Å². The first kappa shape index (κ1) is 9.64. The van der Waals surface area contributed by atoms with Crippen LogP contribution in [0.15, 0.2) is 12.1 Å². The molecule has 78 valence electrons. The maximum atomic E-state index is 13.3. The number of carbonyl (C=O) groups excluding carboxylic acids is 1. The number of carboxylic acids is 1. The smallest absolute Gasteiger partial charge is 0.307 e. The summed E-state index contributed by atoms with van der Waals surface area (Å²) in [5, 5.41) is 11.0. The summed E-state index contributed by atoms with van der Waals surface area (Å²) in [5.41, 5.74) is 1.20. The summed E-state index contributed by atoms with van der Waals surface area (Å²) >= 11 is 0. The Bertz CT molecular complexity index is 456. The predicted molar refractivity (Wildman–Crippen MR) is 50.1 cm³/mol. The molecule has 2 N–H and O–H groups in total. The molecule has 1 heterocycles. The Morgan fingerprint density at radius 2 is 2.27 bits per heavy atom. The fraction of sp³-hybridized carbons (Fsp3) is 0.200. The van der Waals surface area contributed by atoms with E-state index < -0.39 is 11.8 Å². The van der Waals surface area contributed by atoms with Gasteiger partial charge in [-0.2, -0.15) is 0 Å². The summed E-state index contributed by atoms with van der Waals surface area (Å²) in [6.07, 6.45) is -0.185. The van der Waals surface area contributed by atoms with Crippen LogP contribution >= 0.6 is 0 Å². The van der Waals surface area contributed by atoms with E-state index in [1.807, 2.05) is 0 Å². The lowest BCUT2D eigenvalue weighted by atomic mass is 10.1. The van der Waals surface area contributed by atoms with Crippen molar-refractivity contribution in [2.24, 2.45) is 0 Å². The molecule has 0 atom stereocenters. The van der Waals surface area contributed by atoms with Gasteiger partial charge in [-0.3, -0.25) is 9.59 Å². The largest absolute Gasteiger partial charge is 0.481 e. The molecule has 0 radical (unpaired) electrons. The van der Waals surface area contributed by atoms with Crippen molar-refractivity contribution in [3.05, 3.63) is 29.1 Å². The molecule has 1 amide bonds. The Labute approximate surface area is 84.7 Å². The predicted octanol–water partition coefficient (Wildman–Crippen LogP) is 0.947. The minimum absolute atomic E-state index is 0.109. The first-order chi connectivity index (χ1) is 7.06. The number of amides is 1. The highest BCUT2D eigenvalue weighted by Crippen LogP contribution is 2.26. The van der Waals surface area contributed by atoms with Crippen molar-refractivity contribution >= 4 is 17.6 Å². The molecule has 0 spiro atoms. The van der Waals surface area contributed by atoms with E-state index in [1.165, 1.54) is 12.1 Å². The van der Waals surface area contributed by atoms with E-state index in [9.17, 15) is 14.0 Å². The Balaban J connectivity index is 2.39. The first-order valence-corrected chi connectivity index (χ1v) is 4.39. The van der Waals surface area contributed by atoms with Crippen molar-refractivity contribution in [3.63, 3.8) is 0 Å². The van der Waals surface area contributed by atoms with E-state index in [0.29, 0.717) is 11.3 Å². The van der Waals surface area contributed by atoms with Crippen LogP contribution in [-0.4, -0.2) is 17.0 Å². The molecule has 1 aromatic carbocycles. The zero-order valence-electron chi connectivity index (χ0n) is 7.71. The van der Waals surface area contributed by atoms with Crippen molar-refractivity contribution in [3.8, 4) is 0 Å². The van der Waals surface area contributed by atoms with Crippen LogP contribution in [0.1, 0.15) is 11.1 Å². The molecule has 0 bridgehead atoms. The van der Waals surface area contributed by atoms with Gasteiger partial charge in [-0.25, -0.2) is 4.39 Å². The maximum absolute atomic E-state index is 13.3. The number of anilines is 1. The molecule has 0 saturated heterocycles. The number of rotatable bonds is 2. The summed E-state index contributed by atoms with van der Waals surface area (Å²) in [7, 11) is 0. The monoisotopic (exact) mass is 209 g/mol. The lowest BCUT2D eigenvalue weighted by molar-refractivity contribution is -0.136. The normalized spacial score (nSPS) is 13.5. The van der Waals surface area contributed by atoms with Crippen LogP contribution in [0.4, 0.5) is 10.1 Å². The average molecular weight is 209 g/mol. The third-order valence-corrected chi connectivity index (χ3v) is 2.24. The zero-order chi connectivity index (χ0) is 11.0. The Morgan fingerprint density at radius 3 is 2.93 bits per heavy atom. The van der Waals surface area contributed by atoms with Gasteiger partial charge in [0.1, 0.15) is 5.82 Å². The highest BCUT2D eigenvalue weighted by atomic mass is 19.1. The van der Waals surface area contributed by atoms with Crippen molar-refractivity contribution in [1.82, 2.24) is 0 Å². The molecule has 1 aliphatic rings. The maximum Gasteiger partial charge on any atom is 0.307 e. The summed E-state index contributed by atoms with van der Waals surface area (Å²) in [6.45, 7) is 0. The van der Waals surface area contributed by atoms with Gasteiger partial charge in [0.25, 0.3) is 0 Å². The molecule has 0 aliphatic carbocycles. The van der Waals surface area contributed by atoms with Crippen LogP contribution in [-0.2, 0) is 22.4 Å². The number of hydrogen-bond donors (Lipinski definition) is 2. The second kappa shape index (κ2) is 3.34. The quantitative estimate of drug-likeness (QED) is 0.761. The number of carbonyl (C=O) groups is 2. The second-order valence-corrected chi connectivity index (χ2v) is 3.40. The molecule has 4 nitrogen and oxygen atoms in total. The van der Waals surface area contributed by atoms with Gasteiger partial charge in [0.2, 0.25) is 5.91 Å². The number of carboxylic acid groups (broad SMARTS) is 1. The highest BCUT2D eigenvalue weighted by Gasteiger charge is 2.20. The Kier molecular flexibility index (Phi) is 2.15. The number of hydrogen-bond acceptors (Lipinski definition) is 2. The Hall–Kier alpha value is -1.91. The number of benzene rings is 1. The standard InChI is InChI=1S/C10H8FNO3/c11-7-4-8-6(2-9(13)12-8)1-5(7)3-10(14)15/h1,4H,2-3H2,(H,12,13)(H,14,15). The van der Waals surface area contributed by atoms with Crippen molar-refractivity contribution in [1.29, 1.82) is 0 Å². The topological polar surface area (TPSA) is 66.4 Å². The fourth-order valence-corrected chi connectivity index (χ4v) is 1.60. The molecule has 0 unspecified atom stereocenters. The number of fused-ring (bicyclic) bond motifs is 1. The van der Waals surface area contributed by atoms with Gasteiger partial charge in [0.15, 0.2) is 0 Å². The lowest BCUT2D eigenvalue weighted by Crippen LogP contribution is -2.03. The molecule has 0 saturated carbocycles. The first-order valence-electron chi connectivity index (χ1n) is 4.39. The van der Waals surface area contributed by atoms with E-state index in [1.54, 1.807) is 0 Å². The van der Waals surface area contributed by atoms with Crippen LogP contribution in [0.3, 0.4) is 0 Å². The molecule has 15 heavy (non-hydrogen) atoms. The van der Waals surface area contributed by atoms with Crippen LogP contribution in [0, 0.1) is 5.82 Å². The number of halogens is 1. The van der Waals surface area contributed by atoms with Gasteiger partial charge in [0.05, 0.1) is 12.8 Å². The molecular weight excluding hydrogens is 201 g/mol. The third kappa shape index (κ3) is 1.81. The molecule has 2 rings (SSSR count). The Morgan fingerprint density at radius 1 is 1.53 bits per heavy atom. The van der Waals surface area contributed by atoms with Gasteiger partial charge in [-0.1, -0.05) is 0 Å². The summed E-state index contributed by atoms with van der Waals surface area (Å²) in [4.78, 5) is 21.4. The number of aliphatic carboxylic acids is 1. The highest BCUT2D eigenvalue weighted by molar-refractivity contribution is 5.99. The summed E-state index contributed by atoms with van der Waals surface area (Å²) in [5.74, 6) is -1.89. The lowest BCUT2D eigenvalue weighted by Gasteiger charge is -2.03.